The number of aliphatic hydroxyl groups is 1. The molecule has 4 nitrogen and oxygen atoms in total. The predicted octanol–water partition coefficient (Wildman–Crippen LogP) is 2.61. The predicted molar refractivity (Wildman–Crippen MR) is 88.8 cm³/mol. The average Bonchev–Trinajstić information content (AvgIpc) is 2.80. The second-order valence-electron chi connectivity index (χ2n) is 6.46. The minimum Gasteiger partial charge on any atom is -0.392 e. The third kappa shape index (κ3) is 4.22. The molecule has 0 spiro atoms. The van der Waals surface area contributed by atoms with E-state index >= 15 is 0 Å². The van der Waals surface area contributed by atoms with E-state index in [-0.39, 0.29) is 30.3 Å². The highest BCUT2D eigenvalue weighted by Crippen LogP contribution is 2.31. The summed E-state index contributed by atoms with van der Waals surface area (Å²) in [7, 11) is 2.06. The summed E-state index contributed by atoms with van der Waals surface area (Å²) in [5.41, 5.74) is 1.15. The minimum atomic E-state index is -0.590. The van der Waals surface area contributed by atoms with Crippen molar-refractivity contribution in [3.05, 3.63) is 34.9 Å². The highest BCUT2D eigenvalue weighted by atomic mass is 35.5. The summed E-state index contributed by atoms with van der Waals surface area (Å²) in [6.07, 6.45) is 0.478. The fourth-order valence-electron chi connectivity index (χ4n) is 2.94. The molecule has 1 saturated heterocycles. The number of hydrogen-bond donors (Lipinski definition) is 2. The summed E-state index contributed by atoms with van der Waals surface area (Å²) < 4.78 is 0. The number of rotatable bonds is 5. The van der Waals surface area contributed by atoms with Crippen molar-refractivity contribution in [2.24, 2.45) is 5.92 Å². The summed E-state index contributed by atoms with van der Waals surface area (Å²) in [5, 5.41) is 13.6. The Balaban J connectivity index is 2.03. The van der Waals surface area contributed by atoms with E-state index in [1.807, 2.05) is 38.1 Å². The van der Waals surface area contributed by atoms with Gasteiger partial charge in [-0.05, 0) is 37.1 Å². The van der Waals surface area contributed by atoms with Crippen LogP contribution in [0.15, 0.2) is 24.3 Å². The number of nitrogens with one attached hydrogen (secondary N) is 1. The van der Waals surface area contributed by atoms with Crippen LogP contribution in [0, 0.1) is 5.92 Å². The fourth-order valence-corrected chi connectivity index (χ4v) is 3.06. The van der Waals surface area contributed by atoms with Crippen LogP contribution in [0.2, 0.25) is 5.02 Å². The van der Waals surface area contributed by atoms with Crippen LogP contribution in [0.3, 0.4) is 0 Å². The van der Waals surface area contributed by atoms with E-state index in [1.165, 1.54) is 0 Å². The van der Waals surface area contributed by atoms with Crippen LogP contribution < -0.4 is 5.32 Å². The fraction of sp³-hybridized carbons (Fsp3) is 0.588. The largest absolute Gasteiger partial charge is 0.392 e. The van der Waals surface area contributed by atoms with Gasteiger partial charge in [-0.1, -0.05) is 37.6 Å². The Morgan fingerprint density at radius 1 is 1.41 bits per heavy atom. The van der Waals surface area contributed by atoms with Gasteiger partial charge < -0.3 is 10.4 Å². The quantitative estimate of drug-likeness (QED) is 0.875. The van der Waals surface area contributed by atoms with Gasteiger partial charge in [-0.25, -0.2) is 0 Å². The molecule has 1 aromatic carbocycles. The molecule has 2 N–H and O–H groups in total. The van der Waals surface area contributed by atoms with E-state index in [9.17, 15) is 9.90 Å². The lowest BCUT2D eigenvalue weighted by Gasteiger charge is -2.27. The second kappa shape index (κ2) is 7.44. The van der Waals surface area contributed by atoms with Crippen LogP contribution in [0.1, 0.15) is 38.3 Å². The molecule has 22 heavy (non-hydrogen) atoms. The lowest BCUT2D eigenvalue weighted by molar-refractivity contribution is -0.124. The third-order valence-corrected chi connectivity index (χ3v) is 4.62. The van der Waals surface area contributed by atoms with Crippen molar-refractivity contribution in [3.8, 4) is 0 Å². The zero-order chi connectivity index (χ0) is 16.3. The summed E-state index contributed by atoms with van der Waals surface area (Å²) in [6.45, 7) is 4.76. The van der Waals surface area contributed by atoms with Crippen molar-refractivity contribution in [1.29, 1.82) is 0 Å². The smallest absolute Gasteiger partial charge is 0.222 e. The van der Waals surface area contributed by atoms with Crippen LogP contribution >= 0.6 is 11.6 Å². The van der Waals surface area contributed by atoms with Crippen LogP contribution in [-0.4, -0.2) is 41.7 Å². The van der Waals surface area contributed by atoms with Gasteiger partial charge in [-0.3, -0.25) is 9.69 Å². The number of likely N-dealkylation sites (tertiary alicyclic amines) is 1. The molecular formula is C17H25ClN2O2. The number of halogens is 1. The van der Waals surface area contributed by atoms with Crippen molar-refractivity contribution < 1.29 is 9.90 Å². The maximum Gasteiger partial charge on any atom is 0.222 e. The Labute approximate surface area is 137 Å². The first kappa shape index (κ1) is 17.3. The Morgan fingerprint density at radius 2 is 2.05 bits per heavy atom. The van der Waals surface area contributed by atoms with Gasteiger partial charge >= 0.3 is 0 Å². The Bertz CT molecular complexity index is 504. The van der Waals surface area contributed by atoms with Crippen molar-refractivity contribution in [3.63, 3.8) is 0 Å². The van der Waals surface area contributed by atoms with E-state index in [1.54, 1.807) is 0 Å². The number of amides is 1. The van der Waals surface area contributed by atoms with Gasteiger partial charge in [-0.15, -0.1) is 0 Å². The number of hydrogen-bond acceptors (Lipinski definition) is 3. The highest BCUT2D eigenvalue weighted by molar-refractivity contribution is 6.30. The third-order valence-electron chi connectivity index (χ3n) is 4.37. The second-order valence-corrected chi connectivity index (χ2v) is 6.89. The molecule has 0 bridgehead atoms. The normalized spacial score (nSPS) is 23.7. The number of likely N-dealkylation sites (N-methyl/N-ethyl adjacent to an activating group) is 1. The van der Waals surface area contributed by atoms with E-state index in [0.29, 0.717) is 5.02 Å². The number of benzene rings is 1. The summed E-state index contributed by atoms with van der Waals surface area (Å²) in [5.74, 6) is 0.00419. The van der Waals surface area contributed by atoms with Crippen LogP contribution in [-0.2, 0) is 4.79 Å². The molecule has 1 aliphatic rings. The molecule has 1 aromatic rings. The average molecular weight is 325 g/mol. The zero-order valence-electron chi connectivity index (χ0n) is 13.4. The maximum atomic E-state index is 12.1. The topological polar surface area (TPSA) is 52.6 Å². The lowest BCUT2D eigenvalue weighted by Crippen LogP contribution is -2.40. The van der Waals surface area contributed by atoms with Gasteiger partial charge in [0.15, 0.2) is 0 Å². The van der Waals surface area contributed by atoms with Crippen LogP contribution in [0.25, 0.3) is 0 Å². The van der Waals surface area contributed by atoms with Gasteiger partial charge in [0.05, 0.1) is 18.6 Å². The van der Waals surface area contributed by atoms with E-state index in [0.717, 1.165) is 18.5 Å². The van der Waals surface area contributed by atoms with E-state index < -0.39 is 6.10 Å². The molecule has 1 heterocycles. The molecule has 1 fully saturated rings. The number of nitrogens with zero attached hydrogens (tertiary/aromatic N) is 1. The number of aliphatic hydroxyl groups excluding tert-OH is 1. The standard InChI is InChI=1S/C17H25ClN2O2/c1-11(2)15(21)10-16(22)19-14-8-9-20(3)17(14)12-4-6-13(18)7-5-12/h4-7,11,14-15,17,21H,8-10H2,1-3H3,(H,19,22). The van der Waals surface area contributed by atoms with Gasteiger partial charge in [0.25, 0.3) is 0 Å². The first-order chi connectivity index (χ1) is 10.4. The molecule has 0 radical (unpaired) electrons. The molecule has 122 valence electrons. The molecular weight excluding hydrogens is 300 g/mol. The monoisotopic (exact) mass is 324 g/mol. The SMILES string of the molecule is CC(C)C(O)CC(=O)NC1CCN(C)C1c1ccc(Cl)cc1. The van der Waals surface area contributed by atoms with E-state index in [4.69, 9.17) is 11.6 Å². The number of carbonyl (C=O) groups is 1. The molecule has 5 heteroatoms. The van der Waals surface area contributed by atoms with Crippen molar-refractivity contribution in [2.45, 2.75) is 44.9 Å². The summed E-state index contributed by atoms with van der Waals surface area (Å²) >= 11 is 5.95. The molecule has 3 atom stereocenters. The molecule has 2 rings (SSSR count). The van der Waals surface area contributed by atoms with Gasteiger partial charge in [0.1, 0.15) is 0 Å². The molecule has 1 aliphatic heterocycles. The van der Waals surface area contributed by atoms with Gasteiger partial charge in [0.2, 0.25) is 5.91 Å². The number of carbonyl (C=O) groups excluding carboxylic acids is 1. The minimum absolute atomic E-state index is 0.0676. The maximum absolute atomic E-state index is 12.1. The highest BCUT2D eigenvalue weighted by Gasteiger charge is 2.34. The lowest BCUT2D eigenvalue weighted by atomic mass is 9.99. The van der Waals surface area contributed by atoms with Crippen LogP contribution in [0.5, 0.6) is 0 Å². The molecule has 0 aliphatic carbocycles. The van der Waals surface area contributed by atoms with Crippen molar-refractivity contribution in [1.82, 2.24) is 10.2 Å². The first-order valence-electron chi connectivity index (χ1n) is 7.81. The first-order valence-corrected chi connectivity index (χ1v) is 8.19. The Hall–Kier alpha value is -1.10. The summed E-state index contributed by atoms with van der Waals surface area (Å²) in [6, 6.07) is 8.00. The Kier molecular flexibility index (Phi) is 5.84. The molecule has 0 aromatic heterocycles. The van der Waals surface area contributed by atoms with Crippen molar-refractivity contribution in [2.75, 3.05) is 13.6 Å². The molecule has 1 amide bonds. The zero-order valence-corrected chi connectivity index (χ0v) is 14.2. The van der Waals surface area contributed by atoms with Gasteiger partial charge in [-0.2, -0.15) is 0 Å². The van der Waals surface area contributed by atoms with Gasteiger partial charge in [0, 0.05) is 17.6 Å². The molecule has 0 saturated carbocycles. The summed E-state index contributed by atoms with van der Waals surface area (Å²) in [4.78, 5) is 14.4. The molecule has 3 unspecified atom stereocenters. The van der Waals surface area contributed by atoms with Crippen molar-refractivity contribution >= 4 is 17.5 Å². The van der Waals surface area contributed by atoms with Crippen LogP contribution in [0.4, 0.5) is 0 Å². The van der Waals surface area contributed by atoms with E-state index in [2.05, 4.69) is 17.3 Å². The Morgan fingerprint density at radius 3 is 2.64 bits per heavy atom.